The number of sulfonamides is 1. The van der Waals surface area contributed by atoms with Crippen LogP contribution in [0.25, 0.3) is 0 Å². The molecule has 0 amide bonds. The minimum absolute atomic E-state index is 0.0338. The third-order valence-electron chi connectivity index (χ3n) is 2.74. The minimum atomic E-state index is -3.49. The van der Waals surface area contributed by atoms with E-state index in [0.29, 0.717) is 10.6 Å². The lowest BCUT2D eigenvalue weighted by atomic mass is 9.86. The van der Waals surface area contributed by atoms with Gasteiger partial charge in [0.15, 0.2) is 0 Å². The first-order chi connectivity index (χ1) is 8.16. The number of aliphatic hydroxyl groups is 1. The molecular weight excluding hydrogens is 270 g/mol. The number of hydrogen-bond acceptors (Lipinski definition) is 4. The molecule has 0 aliphatic carbocycles. The van der Waals surface area contributed by atoms with Crippen molar-refractivity contribution in [3.05, 3.63) is 17.0 Å². The maximum atomic E-state index is 12.2. The Balaban J connectivity index is 2.93. The molecule has 0 radical (unpaired) electrons. The molecule has 0 fully saturated rings. The van der Waals surface area contributed by atoms with E-state index in [1.54, 1.807) is 12.1 Å². The Morgan fingerprint density at radius 3 is 2.39 bits per heavy atom. The van der Waals surface area contributed by atoms with Gasteiger partial charge in [-0.05, 0) is 30.9 Å². The van der Waals surface area contributed by atoms with Gasteiger partial charge in [-0.2, -0.15) is 0 Å². The van der Waals surface area contributed by atoms with Gasteiger partial charge in [0.2, 0.25) is 10.0 Å². The molecule has 0 saturated carbocycles. The molecule has 0 bridgehead atoms. The largest absolute Gasteiger partial charge is 0.396 e. The second-order valence-electron chi connectivity index (χ2n) is 5.42. The van der Waals surface area contributed by atoms with E-state index in [2.05, 4.69) is 4.72 Å². The van der Waals surface area contributed by atoms with Gasteiger partial charge in [-0.15, -0.1) is 11.3 Å². The summed E-state index contributed by atoms with van der Waals surface area (Å²) in [5, 5.41) is 9.04. The van der Waals surface area contributed by atoms with Gasteiger partial charge in [0, 0.05) is 17.5 Å². The van der Waals surface area contributed by atoms with E-state index in [1.165, 1.54) is 11.3 Å². The zero-order valence-electron chi connectivity index (χ0n) is 11.2. The molecule has 0 aliphatic rings. The van der Waals surface area contributed by atoms with Crippen molar-refractivity contribution in [3.8, 4) is 0 Å². The van der Waals surface area contributed by atoms with E-state index in [9.17, 15) is 8.42 Å². The fourth-order valence-corrected chi connectivity index (χ4v) is 4.38. The molecular formula is C12H21NO3S2. The highest BCUT2D eigenvalue weighted by atomic mass is 32.2. The Morgan fingerprint density at radius 1 is 1.39 bits per heavy atom. The molecule has 0 aliphatic heterocycles. The van der Waals surface area contributed by atoms with Crippen molar-refractivity contribution in [2.45, 2.75) is 44.4 Å². The highest BCUT2D eigenvalue weighted by molar-refractivity contribution is 7.91. The van der Waals surface area contributed by atoms with Gasteiger partial charge in [-0.25, -0.2) is 13.1 Å². The first kappa shape index (κ1) is 15.6. The van der Waals surface area contributed by atoms with Crippen LogP contribution in [-0.2, 0) is 10.0 Å². The van der Waals surface area contributed by atoms with Crippen LogP contribution in [0.4, 0.5) is 0 Å². The van der Waals surface area contributed by atoms with Crippen molar-refractivity contribution in [2.24, 2.45) is 5.41 Å². The zero-order valence-corrected chi connectivity index (χ0v) is 12.9. The Labute approximate surface area is 113 Å². The smallest absolute Gasteiger partial charge is 0.250 e. The van der Waals surface area contributed by atoms with Crippen molar-refractivity contribution in [1.29, 1.82) is 0 Å². The van der Waals surface area contributed by atoms with Crippen LogP contribution in [0.3, 0.4) is 0 Å². The topological polar surface area (TPSA) is 66.4 Å². The molecule has 1 aromatic heterocycles. The third kappa shape index (κ3) is 4.05. The molecule has 18 heavy (non-hydrogen) atoms. The SMILES string of the molecule is Cc1ccc(S(=O)(=O)NC(CCO)C(C)(C)C)s1. The molecule has 2 N–H and O–H groups in total. The van der Waals surface area contributed by atoms with Crippen molar-refractivity contribution in [2.75, 3.05) is 6.61 Å². The molecule has 4 nitrogen and oxygen atoms in total. The van der Waals surface area contributed by atoms with Gasteiger partial charge >= 0.3 is 0 Å². The predicted octanol–water partition coefficient (Wildman–Crippen LogP) is 2.13. The monoisotopic (exact) mass is 291 g/mol. The third-order valence-corrected chi connectivity index (χ3v) is 5.71. The fraction of sp³-hybridized carbons (Fsp3) is 0.667. The molecule has 1 heterocycles. The molecule has 1 unspecified atom stereocenters. The van der Waals surface area contributed by atoms with E-state index in [-0.39, 0.29) is 18.1 Å². The van der Waals surface area contributed by atoms with E-state index in [0.717, 1.165) is 4.88 Å². The highest BCUT2D eigenvalue weighted by Crippen LogP contribution is 2.26. The molecule has 1 rings (SSSR count). The Bertz CT molecular complexity index is 486. The Hall–Kier alpha value is -0.430. The summed E-state index contributed by atoms with van der Waals surface area (Å²) < 4.78 is 27.4. The van der Waals surface area contributed by atoms with Crippen molar-refractivity contribution in [3.63, 3.8) is 0 Å². The maximum absolute atomic E-state index is 12.2. The number of thiophene rings is 1. The van der Waals surface area contributed by atoms with Gasteiger partial charge in [-0.1, -0.05) is 20.8 Å². The summed E-state index contributed by atoms with van der Waals surface area (Å²) >= 11 is 1.25. The Kier molecular flexibility index (Phi) is 4.94. The second-order valence-corrected chi connectivity index (χ2v) is 8.65. The summed E-state index contributed by atoms with van der Waals surface area (Å²) in [5.74, 6) is 0. The first-order valence-corrected chi connectivity index (χ1v) is 8.16. The lowest BCUT2D eigenvalue weighted by Gasteiger charge is -2.30. The van der Waals surface area contributed by atoms with Crippen molar-refractivity contribution in [1.82, 2.24) is 4.72 Å². The average molecular weight is 291 g/mol. The molecule has 0 spiro atoms. The van der Waals surface area contributed by atoms with Gasteiger partial charge < -0.3 is 5.11 Å². The number of aryl methyl sites for hydroxylation is 1. The molecule has 1 atom stereocenters. The van der Waals surface area contributed by atoms with Crippen LogP contribution in [0, 0.1) is 12.3 Å². The highest BCUT2D eigenvalue weighted by Gasteiger charge is 2.29. The summed E-state index contributed by atoms with van der Waals surface area (Å²) in [6, 6.07) is 3.12. The molecule has 0 aromatic carbocycles. The Morgan fingerprint density at radius 2 is 2.00 bits per heavy atom. The fourth-order valence-electron chi connectivity index (χ4n) is 1.60. The number of aliphatic hydroxyl groups excluding tert-OH is 1. The quantitative estimate of drug-likeness (QED) is 0.873. The molecule has 6 heteroatoms. The lowest BCUT2D eigenvalue weighted by Crippen LogP contribution is -2.43. The van der Waals surface area contributed by atoms with Gasteiger partial charge in [0.1, 0.15) is 4.21 Å². The van der Waals surface area contributed by atoms with E-state index >= 15 is 0 Å². The van der Waals surface area contributed by atoms with Crippen LogP contribution in [0.2, 0.25) is 0 Å². The van der Waals surface area contributed by atoms with E-state index in [4.69, 9.17) is 5.11 Å². The van der Waals surface area contributed by atoms with Crippen molar-refractivity contribution >= 4 is 21.4 Å². The average Bonchev–Trinajstić information content (AvgIpc) is 2.63. The first-order valence-electron chi connectivity index (χ1n) is 5.86. The summed E-state index contributed by atoms with van der Waals surface area (Å²) in [7, 11) is -3.49. The summed E-state index contributed by atoms with van der Waals surface area (Å²) in [5.41, 5.74) is -0.234. The normalized spacial score (nSPS) is 14.7. The number of nitrogens with one attached hydrogen (secondary N) is 1. The van der Waals surface area contributed by atoms with Crippen molar-refractivity contribution < 1.29 is 13.5 Å². The number of hydrogen-bond donors (Lipinski definition) is 2. The standard InChI is InChI=1S/C12H21NO3S2/c1-9-5-6-11(17-9)18(15,16)13-10(7-8-14)12(2,3)4/h5-6,10,13-14H,7-8H2,1-4H3. The predicted molar refractivity (Wildman–Crippen MR) is 74.3 cm³/mol. The summed E-state index contributed by atoms with van der Waals surface area (Å²) in [4.78, 5) is 0.963. The van der Waals surface area contributed by atoms with Crippen LogP contribution < -0.4 is 4.72 Å². The number of rotatable bonds is 5. The van der Waals surface area contributed by atoms with Crippen LogP contribution in [0.1, 0.15) is 32.1 Å². The lowest BCUT2D eigenvalue weighted by molar-refractivity contribution is 0.214. The molecule has 104 valence electrons. The maximum Gasteiger partial charge on any atom is 0.250 e. The van der Waals surface area contributed by atoms with Crippen LogP contribution in [0.5, 0.6) is 0 Å². The second kappa shape index (κ2) is 5.69. The van der Waals surface area contributed by atoms with Gasteiger partial charge in [0.05, 0.1) is 0 Å². The van der Waals surface area contributed by atoms with Crippen LogP contribution >= 0.6 is 11.3 Å². The van der Waals surface area contributed by atoms with E-state index in [1.807, 2.05) is 27.7 Å². The molecule has 0 saturated heterocycles. The van der Waals surface area contributed by atoms with Crippen LogP contribution in [0.15, 0.2) is 16.3 Å². The molecule has 1 aromatic rings. The van der Waals surface area contributed by atoms with Gasteiger partial charge in [0.25, 0.3) is 0 Å². The summed E-state index contributed by atoms with van der Waals surface area (Å²) in [6.45, 7) is 7.70. The summed E-state index contributed by atoms with van der Waals surface area (Å²) in [6.07, 6.45) is 0.410. The zero-order chi connectivity index (χ0) is 14.0. The van der Waals surface area contributed by atoms with Crippen LogP contribution in [-0.4, -0.2) is 26.2 Å². The van der Waals surface area contributed by atoms with Gasteiger partial charge in [-0.3, -0.25) is 0 Å². The minimum Gasteiger partial charge on any atom is -0.396 e. The van der Waals surface area contributed by atoms with E-state index < -0.39 is 10.0 Å².